The summed E-state index contributed by atoms with van der Waals surface area (Å²) < 4.78 is 16.9. The molecule has 3 rings (SSSR count). The van der Waals surface area contributed by atoms with Crippen LogP contribution in [0.3, 0.4) is 0 Å². The molecule has 0 atom stereocenters. The summed E-state index contributed by atoms with van der Waals surface area (Å²) in [5, 5.41) is 0. The third kappa shape index (κ3) is 4.89. The summed E-state index contributed by atoms with van der Waals surface area (Å²) >= 11 is 0. The molecule has 0 spiro atoms. The number of hydrogen-bond acceptors (Lipinski definition) is 2. The van der Waals surface area contributed by atoms with Crippen LogP contribution < -0.4 is 0 Å². The highest BCUT2D eigenvalue weighted by Gasteiger charge is 2.22. The van der Waals surface area contributed by atoms with Gasteiger partial charge >= 0.3 is 0 Å². The van der Waals surface area contributed by atoms with Gasteiger partial charge in [-0.3, -0.25) is 4.79 Å². The first-order valence-corrected chi connectivity index (χ1v) is 11.0. The number of nitrogens with zero attached hydrogens (tertiary/aromatic N) is 3. The summed E-state index contributed by atoms with van der Waals surface area (Å²) in [5.41, 5.74) is 2.65. The van der Waals surface area contributed by atoms with E-state index in [0.717, 1.165) is 55.5 Å². The van der Waals surface area contributed by atoms with Crippen LogP contribution in [-0.4, -0.2) is 26.9 Å². The lowest BCUT2D eigenvalue weighted by molar-refractivity contribution is 0.0729. The van der Waals surface area contributed by atoms with Gasteiger partial charge in [0.1, 0.15) is 11.6 Å². The third-order valence-electron chi connectivity index (χ3n) is 5.54. The Bertz CT molecular complexity index is 995. The summed E-state index contributed by atoms with van der Waals surface area (Å²) in [6.45, 7) is 7.83. The molecule has 0 aliphatic heterocycles. The minimum Gasteiger partial charge on any atom is -0.331 e. The smallest absolute Gasteiger partial charge is 0.257 e. The molecule has 1 heterocycles. The number of imidazole rings is 1. The Hall–Kier alpha value is -2.69. The number of unbranched alkanes of at least 4 members (excludes halogenated alkanes) is 3. The zero-order valence-corrected chi connectivity index (χ0v) is 18.3. The second kappa shape index (κ2) is 10.4. The molecule has 0 bridgehead atoms. The number of carbonyl (C=O) groups is 1. The van der Waals surface area contributed by atoms with E-state index < -0.39 is 5.82 Å². The van der Waals surface area contributed by atoms with Crippen molar-refractivity contribution in [3.63, 3.8) is 0 Å². The van der Waals surface area contributed by atoms with Crippen molar-refractivity contribution in [3.05, 3.63) is 65.2 Å². The van der Waals surface area contributed by atoms with E-state index >= 15 is 0 Å². The fraction of sp³-hybridized carbons (Fsp3) is 0.440. The second-order valence-electron chi connectivity index (χ2n) is 7.89. The molecule has 0 aliphatic carbocycles. The van der Waals surface area contributed by atoms with Gasteiger partial charge < -0.3 is 9.47 Å². The fourth-order valence-corrected chi connectivity index (χ4v) is 3.77. The van der Waals surface area contributed by atoms with Gasteiger partial charge in [0.05, 0.1) is 23.1 Å². The molecule has 160 valence electrons. The van der Waals surface area contributed by atoms with Gasteiger partial charge in [0.2, 0.25) is 0 Å². The van der Waals surface area contributed by atoms with Crippen molar-refractivity contribution in [2.75, 3.05) is 6.54 Å². The Morgan fingerprint density at radius 3 is 2.57 bits per heavy atom. The number of carbonyl (C=O) groups excluding carboxylic acids is 1. The van der Waals surface area contributed by atoms with Gasteiger partial charge in [0.15, 0.2) is 0 Å². The van der Waals surface area contributed by atoms with E-state index in [-0.39, 0.29) is 11.5 Å². The highest BCUT2D eigenvalue weighted by atomic mass is 19.1. The van der Waals surface area contributed by atoms with Crippen molar-refractivity contribution in [3.8, 4) is 0 Å². The van der Waals surface area contributed by atoms with Crippen LogP contribution in [-0.2, 0) is 13.1 Å². The van der Waals surface area contributed by atoms with Crippen LogP contribution in [0.5, 0.6) is 0 Å². The maximum Gasteiger partial charge on any atom is 0.257 e. The van der Waals surface area contributed by atoms with E-state index in [1.54, 1.807) is 30.0 Å². The monoisotopic (exact) mass is 409 g/mol. The lowest BCUT2D eigenvalue weighted by Gasteiger charge is -2.23. The topological polar surface area (TPSA) is 38.1 Å². The number of benzene rings is 2. The normalized spacial score (nSPS) is 11.2. The first-order chi connectivity index (χ1) is 14.6. The number of halogens is 1. The van der Waals surface area contributed by atoms with E-state index in [1.807, 2.05) is 18.2 Å². The summed E-state index contributed by atoms with van der Waals surface area (Å²) in [5.74, 6) is 0.173. The van der Waals surface area contributed by atoms with E-state index in [1.165, 1.54) is 0 Å². The standard InChI is InChI=1S/C25H32FN3O/c1-4-6-10-16-28(25(30)20-13-11-12-19(3)24(20)26)18-23-27-21-14-8-9-15-22(21)29(23)17-7-5-2/h8-9,11-15H,4-7,10,16-18H2,1-3H3. The van der Waals surface area contributed by atoms with E-state index in [0.29, 0.717) is 18.7 Å². The third-order valence-corrected chi connectivity index (χ3v) is 5.54. The molecule has 0 aliphatic rings. The molecule has 30 heavy (non-hydrogen) atoms. The summed E-state index contributed by atoms with van der Waals surface area (Å²) in [6, 6.07) is 13.1. The van der Waals surface area contributed by atoms with Gasteiger partial charge in [-0.25, -0.2) is 9.37 Å². The zero-order chi connectivity index (χ0) is 21.5. The Balaban J connectivity index is 1.95. The number of rotatable bonds is 10. The van der Waals surface area contributed by atoms with Crippen LogP contribution in [0, 0.1) is 12.7 Å². The van der Waals surface area contributed by atoms with Crippen LogP contribution >= 0.6 is 0 Å². The molecule has 4 nitrogen and oxygen atoms in total. The number of fused-ring (bicyclic) bond motifs is 1. The Morgan fingerprint density at radius 2 is 1.80 bits per heavy atom. The van der Waals surface area contributed by atoms with Gasteiger partial charge in [-0.05, 0) is 43.5 Å². The van der Waals surface area contributed by atoms with E-state index in [2.05, 4.69) is 24.5 Å². The molecule has 0 N–H and O–H groups in total. The highest BCUT2D eigenvalue weighted by molar-refractivity contribution is 5.94. The minimum absolute atomic E-state index is 0.141. The van der Waals surface area contributed by atoms with Crippen molar-refractivity contribution in [2.24, 2.45) is 0 Å². The molecule has 1 amide bonds. The number of amides is 1. The molecule has 0 fully saturated rings. The molecule has 0 radical (unpaired) electrons. The number of aromatic nitrogens is 2. The van der Waals surface area contributed by atoms with Gasteiger partial charge in [-0.15, -0.1) is 0 Å². The summed E-state index contributed by atoms with van der Waals surface area (Å²) in [7, 11) is 0. The highest BCUT2D eigenvalue weighted by Crippen LogP contribution is 2.21. The molecule has 0 unspecified atom stereocenters. The summed E-state index contributed by atoms with van der Waals surface area (Å²) in [4.78, 5) is 19.9. The number of para-hydroxylation sites is 2. The van der Waals surface area contributed by atoms with Crippen LogP contribution in [0.2, 0.25) is 0 Å². The van der Waals surface area contributed by atoms with Crippen LogP contribution in [0.25, 0.3) is 11.0 Å². The predicted octanol–water partition coefficient (Wildman–Crippen LogP) is 6.12. The van der Waals surface area contributed by atoms with Crippen molar-refractivity contribution < 1.29 is 9.18 Å². The first-order valence-electron chi connectivity index (χ1n) is 11.0. The van der Waals surface area contributed by atoms with E-state index in [9.17, 15) is 9.18 Å². The van der Waals surface area contributed by atoms with Gasteiger partial charge in [-0.1, -0.05) is 57.4 Å². The van der Waals surface area contributed by atoms with Crippen molar-refractivity contribution >= 4 is 16.9 Å². The molecular weight excluding hydrogens is 377 g/mol. The van der Waals surface area contributed by atoms with Crippen LogP contribution in [0.1, 0.15) is 67.7 Å². The average molecular weight is 410 g/mol. The Morgan fingerprint density at radius 1 is 1.03 bits per heavy atom. The fourth-order valence-electron chi connectivity index (χ4n) is 3.77. The molecule has 0 saturated heterocycles. The van der Waals surface area contributed by atoms with Gasteiger partial charge in [0, 0.05) is 13.1 Å². The van der Waals surface area contributed by atoms with Crippen molar-refractivity contribution in [1.82, 2.24) is 14.5 Å². The quantitative estimate of drug-likeness (QED) is 0.379. The lowest BCUT2D eigenvalue weighted by Crippen LogP contribution is -2.33. The first kappa shape index (κ1) is 22.0. The number of hydrogen-bond donors (Lipinski definition) is 0. The minimum atomic E-state index is -0.428. The molecular formula is C25H32FN3O. The predicted molar refractivity (Wildman–Crippen MR) is 120 cm³/mol. The molecule has 1 aromatic heterocycles. The molecule has 3 aromatic rings. The maximum atomic E-state index is 14.7. The van der Waals surface area contributed by atoms with Gasteiger partial charge in [0.25, 0.3) is 5.91 Å². The largest absolute Gasteiger partial charge is 0.331 e. The van der Waals surface area contributed by atoms with Crippen molar-refractivity contribution in [1.29, 1.82) is 0 Å². The average Bonchev–Trinajstić information content (AvgIpc) is 3.10. The van der Waals surface area contributed by atoms with Crippen LogP contribution in [0.15, 0.2) is 42.5 Å². The number of aryl methyl sites for hydroxylation is 2. The van der Waals surface area contributed by atoms with Crippen molar-refractivity contribution in [2.45, 2.75) is 66.0 Å². The summed E-state index contributed by atoms with van der Waals surface area (Å²) in [6.07, 6.45) is 5.12. The van der Waals surface area contributed by atoms with Gasteiger partial charge in [-0.2, -0.15) is 0 Å². The molecule has 0 saturated carbocycles. The second-order valence-corrected chi connectivity index (χ2v) is 7.89. The Kier molecular flexibility index (Phi) is 7.61. The Labute approximate surface area is 178 Å². The molecule has 2 aromatic carbocycles. The van der Waals surface area contributed by atoms with Crippen LogP contribution in [0.4, 0.5) is 4.39 Å². The lowest BCUT2D eigenvalue weighted by atomic mass is 10.1. The SMILES string of the molecule is CCCCCN(Cc1nc2ccccc2n1CCCC)C(=O)c1cccc(C)c1F. The maximum absolute atomic E-state index is 14.7. The molecule has 5 heteroatoms. The zero-order valence-electron chi connectivity index (χ0n) is 18.3. The van der Waals surface area contributed by atoms with E-state index in [4.69, 9.17) is 4.98 Å².